The molecule has 0 atom stereocenters. The Balaban J connectivity index is 2.16. The summed E-state index contributed by atoms with van der Waals surface area (Å²) in [6.07, 6.45) is 6.26. The minimum absolute atomic E-state index is 0.528. The summed E-state index contributed by atoms with van der Waals surface area (Å²) in [5.41, 5.74) is 2.32. The molecule has 2 nitrogen and oxygen atoms in total. The first-order valence-corrected chi connectivity index (χ1v) is 4.72. The summed E-state index contributed by atoms with van der Waals surface area (Å²) >= 11 is 5.69. The van der Waals surface area contributed by atoms with Crippen LogP contribution >= 0.6 is 11.6 Å². The molecule has 0 aliphatic rings. The summed E-state index contributed by atoms with van der Waals surface area (Å²) < 4.78 is 0. The molecule has 0 saturated carbocycles. The van der Waals surface area contributed by atoms with Crippen molar-refractivity contribution in [3.8, 4) is 0 Å². The summed E-state index contributed by atoms with van der Waals surface area (Å²) in [6.45, 7) is 0. The molecule has 2 aromatic rings. The predicted octanol–water partition coefficient (Wildman–Crippen LogP) is 2.72. The molecule has 0 fully saturated rings. The lowest BCUT2D eigenvalue weighted by molar-refractivity contribution is 1.12. The van der Waals surface area contributed by atoms with E-state index in [1.165, 1.54) is 5.56 Å². The van der Waals surface area contributed by atoms with Crippen molar-refractivity contribution in [2.45, 2.75) is 6.42 Å². The molecule has 2 aromatic heterocycles. The van der Waals surface area contributed by atoms with Crippen LogP contribution in [0.3, 0.4) is 0 Å². The van der Waals surface area contributed by atoms with Crippen molar-refractivity contribution in [1.29, 1.82) is 0 Å². The van der Waals surface area contributed by atoms with Crippen molar-refractivity contribution in [3.05, 3.63) is 59.1 Å². The van der Waals surface area contributed by atoms with Crippen LogP contribution in [0.25, 0.3) is 0 Å². The smallest absolute Gasteiger partial charge is 0.129 e. The normalized spacial score (nSPS) is 10.1. The quantitative estimate of drug-likeness (QED) is 0.703. The fourth-order valence-electron chi connectivity index (χ4n) is 1.25. The van der Waals surface area contributed by atoms with E-state index in [1.807, 2.05) is 24.4 Å². The average molecular weight is 205 g/mol. The van der Waals surface area contributed by atoms with Crippen LogP contribution in [0.5, 0.6) is 0 Å². The van der Waals surface area contributed by atoms with Crippen LogP contribution in [0.2, 0.25) is 5.15 Å². The Morgan fingerprint density at radius 1 is 1.07 bits per heavy atom. The van der Waals surface area contributed by atoms with Crippen LogP contribution in [-0.2, 0) is 6.42 Å². The lowest BCUT2D eigenvalue weighted by Crippen LogP contribution is -1.89. The van der Waals surface area contributed by atoms with E-state index in [2.05, 4.69) is 9.97 Å². The molecule has 0 aromatic carbocycles. The van der Waals surface area contributed by atoms with Gasteiger partial charge in [-0.2, -0.15) is 0 Å². The molecule has 0 bridgehead atoms. The monoisotopic (exact) mass is 204 g/mol. The van der Waals surface area contributed by atoms with Crippen LogP contribution in [0.4, 0.5) is 0 Å². The predicted molar refractivity (Wildman–Crippen MR) is 56.3 cm³/mol. The van der Waals surface area contributed by atoms with Gasteiger partial charge in [0.15, 0.2) is 0 Å². The van der Waals surface area contributed by atoms with Gasteiger partial charge in [0.1, 0.15) is 5.15 Å². The minimum atomic E-state index is 0.528. The summed E-state index contributed by atoms with van der Waals surface area (Å²) in [5.74, 6) is 0. The maximum Gasteiger partial charge on any atom is 0.129 e. The third kappa shape index (κ3) is 2.30. The highest BCUT2D eigenvalue weighted by Crippen LogP contribution is 2.09. The van der Waals surface area contributed by atoms with Crippen LogP contribution in [-0.4, -0.2) is 9.97 Å². The van der Waals surface area contributed by atoms with Crippen molar-refractivity contribution in [3.63, 3.8) is 0 Å². The Morgan fingerprint density at radius 3 is 2.57 bits per heavy atom. The van der Waals surface area contributed by atoms with E-state index in [-0.39, 0.29) is 0 Å². The molecule has 3 heteroatoms. The van der Waals surface area contributed by atoms with Gasteiger partial charge in [-0.1, -0.05) is 23.7 Å². The molecule has 14 heavy (non-hydrogen) atoms. The highest BCUT2D eigenvalue weighted by atomic mass is 35.5. The molecule has 70 valence electrons. The zero-order valence-electron chi connectivity index (χ0n) is 7.52. The van der Waals surface area contributed by atoms with Crippen LogP contribution in [0.15, 0.2) is 42.9 Å². The van der Waals surface area contributed by atoms with Gasteiger partial charge in [0.05, 0.1) is 0 Å². The fourth-order valence-corrected chi connectivity index (χ4v) is 1.36. The third-order valence-corrected chi connectivity index (χ3v) is 2.14. The summed E-state index contributed by atoms with van der Waals surface area (Å²) in [5, 5.41) is 0.528. The Hall–Kier alpha value is -1.41. The molecule has 0 aliphatic heterocycles. The number of halogens is 1. The number of hydrogen-bond acceptors (Lipinski definition) is 2. The van der Waals surface area contributed by atoms with Gasteiger partial charge in [0, 0.05) is 25.0 Å². The first kappa shape index (κ1) is 9.16. The Bertz CT molecular complexity index is 397. The van der Waals surface area contributed by atoms with Gasteiger partial charge in [-0.25, -0.2) is 4.98 Å². The van der Waals surface area contributed by atoms with E-state index in [0.717, 1.165) is 12.0 Å². The molecule has 0 N–H and O–H groups in total. The molecule has 0 amide bonds. The second-order valence-corrected chi connectivity index (χ2v) is 3.41. The third-order valence-electron chi connectivity index (χ3n) is 1.92. The topological polar surface area (TPSA) is 25.8 Å². The average Bonchev–Trinajstić information content (AvgIpc) is 2.23. The number of aromatic nitrogens is 2. The zero-order chi connectivity index (χ0) is 9.80. The molecule has 2 rings (SSSR count). The van der Waals surface area contributed by atoms with Gasteiger partial charge >= 0.3 is 0 Å². The Labute approximate surface area is 87.6 Å². The van der Waals surface area contributed by atoms with Crippen molar-refractivity contribution < 1.29 is 0 Å². The first-order chi connectivity index (χ1) is 6.84. The Kier molecular flexibility index (Phi) is 2.75. The SMILES string of the molecule is Clc1ccc(Cc2cccnc2)cn1. The number of rotatable bonds is 2. The maximum absolute atomic E-state index is 5.69. The van der Waals surface area contributed by atoms with Gasteiger partial charge in [0.25, 0.3) is 0 Å². The fraction of sp³-hybridized carbons (Fsp3) is 0.0909. The summed E-state index contributed by atoms with van der Waals surface area (Å²) in [6, 6.07) is 7.75. The second kappa shape index (κ2) is 4.20. The highest BCUT2D eigenvalue weighted by molar-refractivity contribution is 6.29. The van der Waals surface area contributed by atoms with E-state index in [9.17, 15) is 0 Å². The van der Waals surface area contributed by atoms with Crippen molar-refractivity contribution >= 4 is 11.6 Å². The van der Waals surface area contributed by atoms with Crippen molar-refractivity contribution in [1.82, 2.24) is 9.97 Å². The van der Waals surface area contributed by atoms with Gasteiger partial charge in [-0.15, -0.1) is 0 Å². The van der Waals surface area contributed by atoms with Gasteiger partial charge in [-0.05, 0) is 23.3 Å². The maximum atomic E-state index is 5.69. The standard InChI is InChI=1S/C11H9ClN2/c12-11-4-3-10(8-14-11)6-9-2-1-5-13-7-9/h1-5,7-8H,6H2. The van der Waals surface area contributed by atoms with Crippen molar-refractivity contribution in [2.75, 3.05) is 0 Å². The molecule has 0 radical (unpaired) electrons. The number of pyridine rings is 2. The molecule has 0 spiro atoms. The second-order valence-electron chi connectivity index (χ2n) is 3.03. The van der Waals surface area contributed by atoms with E-state index < -0.39 is 0 Å². The van der Waals surface area contributed by atoms with Crippen LogP contribution in [0.1, 0.15) is 11.1 Å². The van der Waals surface area contributed by atoms with Gasteiger partial charge in [-0.3, -0.25) is 4.98 Å². The lowest BCUT2D eigenvalue weighted by Gasteiger charge is -2.00. The van der Waals surface area contributed by atoms with Crippen LogP contribution < -0.4 is 0 Å². The molecular weight excluding hydrogens is 196 g/mol. The summed E-state index contributed by atoms with van der Waals surface area (Å²) in [4.78, 5) is 8.07. The Morgan fingerprint density at radius 2 is 1.93 bits per heavy atom. The van der Waals surface area contributed by atoms with Gasteiger partial charge < -0.3 is 0 Å². The molecule has 0 saturated heterocycles. The largest absolute Gasteiger partial charge is 0.264 e. The number of nitrogens with zero attached hydrogens (tertiary/aromatic N) is 2. The zero-order valence-corrected chi connectivity index (χ0v) is 8.28. The van der Waals surface area contributed by atoms with Crippen molar-refractivity contribution in [2.24, 2.45) is 0 Å². The number of hydrogen-bond donors (Lipinski definition) is 0. The first-order valence-electron chi connectivity index (χ1n) is 4.34. The minimum Gasteiger partial charge on any atom is -0.264 e. The van der Waals surface area contributed by atoms with Gasteiger partial charge in [0.2, 0.25) is 0 Å². The van der Waals surface area contributed by atoms with E-state index in [0.29, 0.717) is 5.15 Å². The lowest BCUT2D eigenvalue weighted by atomic mass is 10.1. The van der Waals surface area contributed by atoms with E-state index in [1.54, 1.807) is 18.5 Å². The van der Waals surface area contributed by atoms with E-state index >= 15 is 0 Å². The molecular formula is C11H9ClN2. The van der Waals surface area contributed by atoms with E-state index in [4.69, 9.17) is 11.6 Å². The summed E-state index contributed by atoms with van der Waals surface area (Å²) in [7, 11) is 0. The molecule has 0 aliphatic carbocycles. The molecule has 2 heterocycles. The molecule has 0 unspecified atom stereocenters. The highest BCUT2D eigenvalue weighted by Gasteiger charge is 1.96. The van der Waals surface area contributed by atoms with Crippen LogP contribution in [0, 0.1) is 0 Å².